The molecule has 0 aliphatic rings. The standard InChI is InChI=1S/C15H21N3O4/c1-11(17-18-15(20)10-21-2)8-14(19)16-9-12-4-6-13(22-3)7-5-12/h4-7H,8-10H2,1-3H3,(H,16,19)(H,18,20). The van der Waals surface area contributed by atoms with Gasteiger partial charge in [0, 0.05) is 19.4 Å². The first-order valence-corrected chi connectivity index (χ1v) is 6.75. The summed E-state index contributed by atoms with van der Waals surface area (Å²) in [6.45, 7) is 2.02. The second kappa shape index (κ2) is 9.51. The van der Waals surface area contributed by atoms with Crippen molar-refractivity contribution in [3.05, 3.63) is 29.8 Å². The molecular weight excluding hydrogens is 286 g/mol. The summed E-state index contributed by atoms with van der Waals surface area (Å²) in [6, 6.07) is 7.43. The molecule has 0 spiro atoms. The molecule has 1 aromatic rings. The SMILES string of the molecule is COCC(=O)NN=C(C)CC(=O)NCc1ccc(OC)cc1. The zero-order chi connectivity index (χ0) is 16.4. The Hall–Kier alpha value is -2.41. The largest absolute Gasteiger partial charge is 0.497 e. The molecule has 0 aliphatic heterocycles. The van der Waals surface area contributed by atoms with E-state index >= 15 is 0 Å². The highest BCUT2D eigenvalue weighted by Gasteiger charge is 2.05. The maximum absolute atomic E-state index is 11.8. The average molecular weight is 307 g/mol. The fourth-order valence-corrected chi connectivity index (χ4v) is 1.60. The van der Waals surface area contributed by atoms with Gasteiger partial charge in [0.1, 0.15) is 12.4 Å². The number of benzene rings is 1. The average Bonchev–Trinajstić information content (AvgIpc) is 2.52. The Bertz CT molecular complexity index is 526. The van der Waals surface area contributed by atoms with E-state index in [4.69, 9.17) is 4.74 Å². The summed E-state index contributed by atoms with van der Waals surface area (Å²) in [7, 11) is 3.02. The lowest BCUT2D eigenvalue weighted by Crippen LogP contribution is -2.27. The van der Waals surface area contributed by atoms with Crippen molar-refractivity contribution in [2.45, 2.75) is 19.9 Å². The van der Waals surface area contributed by atoms with E-state index < -0.39 is 0 Å². The Morgan fingerprint density at radius 1 is 1.14 bits per heavy atom. The van der Waals surface area contributed by atoms with Crippen LogP contribution in [0.1, 0.15) is 18.9 Å². The summed E-state index contributed by atoms with van der Waals surface area (Å²) in [5.41, 5.74) is 3.79. The highest BCUT2D eigenvalue weighted by molar-refractivity contribution is 6.00. The first-order chi connectivity index (χ1) is 10.5. The third-order valence-electron chi connectivity index (χ3n) is 2.71. The zero-order valence-electron chi connectivity index (χ0n) is 13.0. The highest BCUT2D eigenvalue weighted by atomic mass is 16.5. The number of hydrogen-bond acceptors (Lipinski definition) is 5. The summed E-state index contributed by atoms with van der Waals surface area (Å²) in [5.74, 6) is 0.239. The molecule has 7 nitrogen and oxygen atoms in total. The van der Waals surface area contributed by atoms with Gasteiger partial charge in [-0.2, -0.15) is 5.10 Å². The number of carbonyl (C=O) groups is 2. The molecule has 0 atom stereocenters. The van der Waals surface area contributed by atoms with Crippen LogP contribution in [0.2, 0.25) is 0 Å². The van der Waals surface area contributed by atoms with Crippen LogP contribution in [-0.2, 0) is 20.9 Å². The molecule has 1 aromatic carbocycles. The lowest BCUT2D eigenvalue weighted by molar-refractivity contribution is -0.124. The van der Waals surface area contributed by atoms with Crippen LogP contribution in [0.15, 0.2) is 29.4 Å². The summed E-state index contributed by atoms with van der Waals surface area (Å²) < 4.78 is 9.72. The number of rotatable bonds is 8. The summed E-state index contributed by atoms with van der Waals surface area (Å²) >= 11 is 0. The van der Waals surface area contributed by atoms with Crippen molar-refractivity contribution in [1.82, 2.24) is 10.7 Å². The van der Waals surface area contributed by atoms with Crippen LogP contribution in [-0.4, -0.2) is 38.4 Å². The van der Waals surface area contributed by atoms with Crippen LogP contribution >= 0.6 is 0 Å². The van der Waals surface area contributed by atoms with Gasteiger partial charge < -0.3 is 14.8 Å². The van der Waals surface area contributed by atoms with Crippen molar-refractivity contribution in [3.8, 4) is 5.75 Å². The van der Waals surface area contributed by atoms with Crippen LogP contribution in [0.3, 0.4) is 0 Å². The van der Waals surface area contributed by atoms with Gasteiger partial charge in [0.15, 0.2) is 0 Å². The predicted octanol–water partition coefficient (Wildman–Crippen LogP) is 0.840. The van der Waals surface area contributed by atoms with Gasteiger partial charge in [-0.3, -0.25) is 9.59 Å². The van der Waals surface area contributed by atoms with Crippen molar-refractivity contribution < 1.29 is 19.1 Å². The van der Waals surface area contributed by atoms with Crippen molar-refractivity contribution in [2.24, 2.45) is 5.10 Å². The van der Waals surface area contributed by atoms with Crippen LogP contribution in [0.5, 0.6) is 5.75 Å². The molecule has 2 N–H and O–H groups in total. The third-order valence-corrected chi connectivity index (χ3v) is 2.71. The molecule has 0 fully saturated rings. The normalized spacial score (nSPS) is 11.0. The van der Waals surface area contributed by atoms with Gasteiger partial charge in [-0.05, 0) is 24.6 Å². The van der Waals surface area contributed by atoms with Crippen LogP contribution in [0.25, 0.3) is 0 Å². The third kappa shape index (κ3) is 6.85. The lowest BCUT2D eigenvalue weighted by Gasteiger charge is -2.06. The van der Waals surface area contributed by atoms with Gasteiger partial charge in [0.05, 0.1) is 13.5 Å². The van der Waals surface area contributed by atoms with Gasteiger partial charge in [-0.1, -0.05) is 12.1 Å². The number of methoxy groups -OCH3 is 2. The molecule has 22 heavy (non-hydrogen) atoms. The number of nitrogens with zero attached hydrogens (tertiary/aromatic N) is 1. The minimum atomic E-state index is -0.361. The number of amides is 2. The van der Waals surface area contributed by atoms with Crippen LogP contribution in [0, 0.1) is 0 Å². The van der Waals surface area contributed by atoms with Crippen molar-refractivity contribution >= 4 is 17.5 Å². The molecular formula is C15H21N3O4. The van der Waals surface area contributed by atoms with Crippen molar-refractivity contribution in [1.29, 1.82) is 0 Å². The molecule has 120 valence electrons. The molecule has 2 amide bonds. The topological polar surface area (TPSA) is 89.0 Å². The van der Waals surface area contributed by atoms with Gasteiger partial charge in [0.25, 0.3) is 5.91 Å². The van der Waals surface area contributed by atoms with Crippen LogP contribution in [0.4, 0.5) is 0 Å². The number of nitrogens with one attached hydrogen (secondary N) is 2. The molecule has 0 heterocycles. The summed E-state index contributed by atoms with van der Waals surface area (Å²) in [6.07, 6.45) is 0.115. The maximum Gasteiger partial charge on any atom is 0.266 e. The fourth-order valence-electron chi connectivity index (χ4n) is 1.60. The molecule has 0 aliphatic carbocycles. The quantitative estimate of drug-likeness (QED) is 0.550. The number of hydrazone groups is 1. The molecule has 0 bridgehead atoms. The van der Waals surface area contributed by atoms with E-state index in [1.165, 1.54) is 7.11 Å². The van der Waals surface area contributed by atoms with Gasteiger partial charge >= 0.3 is 0 Å². The Balaban J connectivity index is 2.35. The van der Waals surface area contributed by atoms with E-state index in [1.807, 2.05) is 24.3 Å². The Kier molecular flexibility index (Phi) is 7.63. The minimum absolute atomic E-state index is 0.0690. The second-order valence-corrected chi connectivity index (χ2v) is 4.62. The van der Waals surface area contributed by atoms with E-state index in [1.54, 1.807) is 14.0 Å². The molecule has 0 saturated carbocycles. The molecule has 1 rings (SSSR count). The molecule has 7 heteroatoms. The van der Waals surface area contributed by atoms with E-state index in [0.29, 0.717) is 12.3 Å². The van der Waals surface area contributed by atoms with E-state index in [0.717, 1.165) is 11.3 Å². The maximum atomic E-state index is 11.8. The monoisotopic (exact) mass is 307 g/mol. The number of hydrogen-bond donors (Lipinski definition) is 2. The lowest BCUT2D eigenvalue weighted by atomic mass is 10.2. The predicted molar refractivity (Wildman–Crippen MR) is 82.6 cm³/mol. The van der Waals surface area contributed by atoms with Gasteiger partial charge in [0.2, 0.25) is 5.91 Å². The first-order valence-electron chi connectivity index (χ1n) is 6.75. The van der Waals surface area contributed by atoms with Gasteiger partial charge in [-0.15, -0.1) is 0 Å². The second-order valence-electron chi connectivity index (χ2n) is 4.62. The Morgan fingerprint density at radius 3 is 2.41 bits per heavy atom. The number of carbonyl (C=O) groups excluding carboxylic acids is 2. The fraction of sp³-hybridized carbons (Fsp3) is 0.400. The first kappa shape index (κ1) is 17.6. The zero-order valence-corrected chi connectivity index (χ0v) is 13.0. The van der Waals surface area contributed by atoms with E-state index in [-0.39, 0.29) is 24.8 Å². The van der Waals surface area contributed by atoms with Crippen molar-refractivity contribution in [2.75, 3.05) is 20.8 Å². The summed E-state index contributed by atoms with van der Waals surface area (Å²) in [4.78, 5) is 22.9. The molecule has 0 unspecified atom stereocenters. The number of ether oxygens (including phenoxy) is 2. The molecule has 0 aromatic heterocycles. The van der Waals surface area contributed by atoms with E-state index in [2.05, 4.69) is 20.6 Å². The molecule has 0 saturated heterocycles. The summed E-state index contributed by atoms with van der Waals surface area (Å²) in [5, 5.41) is 6.60. The van der Waals surface area contributed by atoms with E-state index in [9.17, 15) is 9.59 Å². The Labute approximate surface area is 129 Å². The smallest absolute Gasteiger partial charge is 0.266 e. The van der Waals surface area contributed by atoms with Gasteiger partial charge in [-0.25, -0.2) is 5.43 Å². The highest BCUT2D eigenvalue weighted by Crippen LogP contribution is 2.10. The van der Waals surface area contributed by atoms with Crippen LogP contribution < -0.4 is 15.5 Å². The Morgan fingerprint density at radius 2 is 1.82 bits per heavy atom. The van der Waals surface area contributed by atoms with Crippen molar-refractivity contribution in [3.63, 3.8) is 0 Å². The molecule has 0 radical (unpaired) electrons. The minimum Gasteiger partial charge on any atom is -0.497 e.